The van der Waals surface area contributed by atoms with Crippen molar-refractivity contribution >= 4 is 33.4 Å². The zero-order valence-corrected chi connectivity index (χ0v) is 17.5. The fourth-order valence-electron chi connectivity index (χ4n) is 2.84. The molecule has 152 valence electrons. The highest BCUT2D eigenvalue weighted by molar-refractivity contribution is 7.88. The molecule has 7 nitrogen and oxygen atoms in total. The van der Waals surface area contributed by atoms with Crippen molar-refractivity contribution < 1.29 is 17.9 Å². The monoisotopic (exact) mass is 433 g/mol. The van der Waals surface area contributed by atoms with Gasteiger partial charge < -0.3 is 10.1 Å². The summed E-state index contributed by atoms with van der Waals surface area (Å²) in [5, 5.41) is 3.29. The third kappa shape index (κ3) is 4.78. The van der Waals surface area contributed by atoms with Gasteiger partial charge in [-0.3, -0.25) is 9.10 Å². The van der Waals surface area contributed by atoms with Gasteiger partial charge in [0.15, 0.2) is 0 Å². The van der Waals surface area contributed by atoms with Crippen LogP contribution < -0.4 is 10.1 Å². The van der Waals surface area contributed by atoms with E-state index in [-0.39, 0.29) is 24.4 Å². The maximum absolute atomic E-state index is 12.7. The van der Waals surface area contributed by atoms with Crippen molar-refractivity contribution in [1.29, 1.82) is 0 Å². The Balaban J connectivity index is 1.82. The molecule has 1 aliphatic rings. The van der Waals surface area contributed by atoms with Gasteiger partial charge in [-0.1, -0.05) is 48.0 Å². The number of amides is 1. The van der Waals surface area contributed by atoms with Crippen LogP contribution in [0.1, 0.15) is 18.1 Å². The Kier molecular flexibility index (Phi) is 6.24. The summed E-state index contributed by atoms with van der Waals surface area (Å²) in [5.74, 6) is 0.109. The number of para-hydroxylation sites is 1. The zero-order valence-electron chi connectivity index (χ0n) is 15.9. The molecule has 1 amide bonds. The minimum absolute atomic E-state index is 0.00950. The van der Waals surface area contributed by atoms with Crippen LogP contribution in [0.25, 0.3) is 0 Å². The second kappa shape index (κ2) is 8.67. The normalized spacial score (nSPS) is 15.3. The first kappa shape index (κ1) is 20.9. The fourth-order valence-corrected chi connectivity index (χ4v) is 4.14. The predicted molar refractivity (Wildman–Crippen MR) is 112 cm³/mol. The standard InChI is InChI=1S/C20H20ClN3O4S/c1-14-17(20(25)22-11-15-7-3-5-9-18(15)21)13-24(29(26,27)23-14)12-16-8-4-6-10-19(16)28-2/h3-10,13H,11-12H2,1-2H3,(H,22,25). The van der Waals surface area contributed by atoms with Crippen molar-refractivity contribution in [2.75, 3.05) is 7.11 Å². The lowest BCUT2D eigenvalue weighted by atomic mass is 10.1. The highest BCUT2D eigenvalue weighted by Crippen LogP contribution is 2.24. The van der Waals surface area contributed by atoms with E-state index in [1.807, 2.05) is 6.07 Å². The predicted octanol–water partition coefficient (Wildman–Crippen LogP) is 3.07. The van der Waals surface area contributed by atoms with Crippen LogP contribution in [0.15, 0.2) is 64.7 Å². The summed E-state index contributed by atoms with van der Waals surface area (Å²) in [7, 11) is -2.44. The van der Waals surface area contributed by atoms with Crippen LogP contribution in [0.5, 0.6) is 5.75 Å². The van der Waals surface area contributed by atoms with Crippen molar-refractivity contribution in [3.63, 3.8) is 0 Å². The number of carbonyl (C=O) groups excluding carboxylic acids is 1. The number of hydrogen-bond donors (Lipinski definition) is 1. The highest BCUT2D eigenvalue weighted by atomic mass is 35.5. The third-order valence-corrected chi connectivity index (χ3v) is 6.07. The summed E-state index contributed by atoms with van der Waals surface area (Å²) in [5.41, 5.74) is 1.70. The average Bonchev–Trinajstić information content (AvgIpc) is 2.69. The van der Waals surface area contributed by atoms with Crippen molar-refractivity contribution in [3.05, 3.63) is 76.5 Å². The SMILES string of the molecule is COc1ccccc1CN1C=C(C(=O)NCc2ccccc2Cl)C(C)=NS1(=O)=O. The van der Waals surface area contributed by atoms with Crippen LogP contribution >= 0.6 is 11.6 Å². The van der Waals surface area contributed by atoms with Crippen molar-refractivity contribution in [2.24, 2.45) is 4.40 Å². The van der Waals surface area contributed by atoms with Gasteiger partial charge in [-0.15, -0.1) is 4.40 Å². The molecule has 2 aromatic carbocycles. The molecule has 0 saturated carbocycles. The van der Waals surface area contributed by atoms with E-state index in [9.17, 15) is 13.2 Å². The number of ether oxygens (including phenoxy) is 1. The second-order valence-electron chi connectivity index (χ2n) is 6.33. The highest BCUT2D eigenvalue weighted by Gasteiger charge is 2.28. The molecule has 0 atom stereocenters. The maximum Gasteiger partial charge on any atom is 0.344 e. The summed E-state index contributed by atoms with van der Waals surface area (Å²) in [6.45, 7) is 1.69. The summed E-state index contributed by atoms with van der Waals surface area (Å²) in [6, 6.07) is 14.2. The first-order valence-electron chi connectivity index (χ1n) is 8.76. The molecule has 9 heteroatoms. The van der Waals surface area contributed by atoms with Gasteiger partial charge in [0, 0.05) is 23.3 Å². The van der Waals surface area contributed by atoms with Crippen molar-refractivity contribution in [3.8, 4) is 5.75 Å². The molecule has 0 spiro atoms. The Morgan fingerprint density at radius 2 is 1.79 bits per heavy atom. The Morgan fingerprint density at radius 1 is 1.14 bits per heavy atom. The van der Waals surface area contributed by atoms with Gasteiger partial charge in [0.05, 0.1) is 24.9 Å². The smallest absolute Gasteiger partial charge is 0.344 e. The molecule has 1 heterocycles. The van der Waals surface area contributed by atoms with Crippen LogP contribution in [0.2, 0.25) is 5.02 Å². The second-order valence-corrected chi connectivity index (χ2v) is 8.28. The van der Waals surface area contributed by atoms with Crippen LogP contribution in [0.4, 0.5) is 0 Å². The lowest BCUT2D eigenvalue weighted by Crippen LogP contribution is -2.35. The molecular weight excluding hydrogens is 414 g/mol. The van der Waals surface area contributed by atoms with Gasteiger partial charge in [0.1, 0.15) is 5.75 Å². The van der Waals surface area contributed by atoms with E-state index >= 15 is 0 Å². The topological polar surface area (TPSA) is 88.1 Å². The lowest BCUT2D eigenvalue weighted by Gasteiger charge is -2.24. The minimum atomic E-state index is -3.95. The Hall–Kier alpha value is -2.84. The Bertz CT molecular complexity index is 1100. The fraction of sp³-hybridized carbons (Fsp3) is 0.200. The minimum Gasteiger partial charge on any atom is -0.496 e. The van der Waals surface area contributed by atoms with E-state index in [0.29, 0.717) is 16.3 Å². The quantitative estimate of drug-likeness (QED) is 0.758. The molecule has 1 N–H and O–H groups in total. The van der Waals surface area contributed by atoms with Crippen molar-refractivity contribution in [1.82, 2.24) is 9.62 Å². The number of nitrogens with one attached hydrogen (secondary N) is 1. The molecule has 0 fully saturated rings. The molecular formula is C20H20ClN3O4S. The molecule has 0 aromatic heterocycles. The summed E-state index contributed by atoms with van der Waals surface area (Å²) in [6.07, 6.45) is 1.30. The summed E-state index contributed by atoms with van der Waals surface area (Å²) < 4.78 is 35.0. The zero-order chi connectivity index (χ0) is 21.0. The number of methoxy groups -OCH3 is 1. The molecule has 0 saturated heterocycles. The molecule has 0 aliphatic carbocycles. The van der Waals surface area contributed by atoms with Crippen LogP contribution in [-0.2, 0) is 28.1 Å². The van der Waals surface area contributed by atoms with Gasteiger partial charge in [-0.25, -0.2) is 0 Å². The maximum atomic E-state index is 12.7. The largest absolute Gasteiger partial charge is 0.496 e. The number of hydrogen-bond acceptors (Lipinski definition) is 4. The summed E-state index contributed by atoms with van der Waals surface area (Å²) in [4.78, 5) is 12.7. The number of carbonyl (C=O) groups is 1. The van der Waals surface area contributed by atoms with Gasteiger partial charge in [-0.05, 0) is 24.6 Å². The molecule has 0 radical (unpaired) electrons. The number of benzene rings is 2. The van der Waals surface area contributed by atoms with Gasteiger partial charge in [0.2, 0.25) is 0 Å². The van der Waals surface area contributed by atoms with Crippen LogP contribution in [0.3, 0.4) is 0 Å². The molecule has 1 aliphatic heterocycles. The molecule has 2 aromatic rings. The Morgan fingerprint density at radius 3 is 2.48 bits per heavy atom. The number of nitrogens with zero attached hydrogens (tertiary/aromatic N) is 2. The van der Waals surface area contributed by atoms with Gasteiger partial charge in [0.25, 0.3) is 5.91 Å². The van der Waals surface area contributed by atoms with Crippen LogP contribution in [0, 0.1) is 0 Å². The Labute approximate surface area is 174 Å². The van der Waals surface area contributed by atoms with E-state index in [2.05, 4.69) is 9.71 Å². The third-order valence-electron chi connectivity index (χ3n) is 4.37. The average molecular weight is 434 g/mol. The molecule has 29 heavy (non-hydrogen) atoms. The summed E-state index contributed by atoms with van der Waals surface area (Å²) >= 11 is 6.11. The number of halogens is 1. The first-order chi connectivity index (χ1) is 13.8. The lowest BCUT2D eigenvalue weighted by molar-refractivity contribution is -0.117. The van der Waals surface area contributed by atoms with Gasteiger partial charge >= 0.3 is 10.2 Å². The molecule has 0 unspecified atom stereocenters. The molecule has 0 bridgehead atoms. The first-order valence-corrected chi connectivity index (χ1v) is 10.5. The number of rotatable bonds is 6. The van der Waals surface area contributed by atoms with E-state index in [1.54, 1.807) is 42.5 Å². The van der Waals surface area contributed by atoms with Crippen molar-refractivity contribution in [2.45, 2.75) is 20.0 Å². The van der Waals surface area contributed by atoms with E-state index in [1.165, 1.54) is 20.2 Å². The van der Waals surface area contributed by atoms with Crippen LogP contribution in [-0.4, -0.2) is 31.5 Å². The van der Waals surface area contributed by atoms with E-state index < -0.39 is 16.1 Å². The van der Waals surface area contributed by atoms with E-state index in [4.69, 9.17) is 16.3 Å². The van der Waals surface area contributed by atoms with Gasteiger partial charge in [-0.2, -0.15) is 8.42 Å². The van der Waals surface area contributed by atoms with E-state index in [0.717, 1.165) is 9.87 Å². The molecule has 3 rings (SSSR count).